The third kappa shape index (κ3) is 2.93. The minimum atomic E-state index is -0.437. The van der Waals surface area contributed by atoms with E-state index in [4.69, 9.17) is 0 Å². The van der Waals surface area contributed by atoms with E-state index >= 15 is 0 Å². The van der Waals surface area contributed by atoms with E-state index in [-0.39, 0.29) is 12.1 Å². The van der Waals surface area contributed by atoms with Crippen molar-refractivity contribution in [1.29, 1.82) is 0 Å². The Kier molecular flexibility index (Phi) is 4.04. The van der Waals surface area contributed by atoms with Crippen LogP contribution in [-0.4, -0.2) is 21.2 Å². The molecule has 2 atom stereocenters. The topological polar surface area (TPSA) is 82.7 Å². The third-order valence-electron chi connectivity index (χ3n) is 3.96. The fraction of sp³-hybridized carbons (Fsp3) is 0.400. The molecule has 0 radical (unpaired) electrons. The molecule has 22 heavy (non-hydrogen) atoms. The van der Waals surface area contributed by atoms with Crippen LogP contribution in [0.5, 0.6) is 0 Å². The molecule has 6 nitrogen and oxygen atoms in total. The molecular formula is C15H18FN5O. The second-order valence-electron chi connectivity index (χ2n) is 5.49. The molecule has 2 heterocycles. The Morgan fingerprint density at radius 2 is 2.36 bits per heavy atom. The second-order valence-corrected chi connectivity index (χ2v) is 5.49. The summed E-state index contributed by atoms with van der Waals surface area (Å²) in [6, 6.07) is 0.721. The summed E-state index contributed by atoms with van der Waals surface area (Å²) in [5.74, 6) is -0.427. The average Bonchev–Trinajstić information content (AvgIpc) is 2.97. The van der Waals surface area contributed by atoms with Gasteiger partial charge in [0.2, 0.25) is 0 Å². The van der Waals surface area contributed by atoms with E-state index in [9.17, 15) is 9.18 Å². The van der Waals surface area contributed by atoms with E-state index in [1.165, 1.54) is 6.20 Å². The molecule has 0 spiro atoms. The Morgan fingerprint density at radius 3 is 3.18 bits per heavy atom. The Balaban J connectivity index is 1.63. The van der Waals surface area contributed by atoms with Crippen LogP contribution in [-0.2, 0) is 6.42 Å². The van der Waals surface area contributed by atoms with Gasteiger partial charge in [-0.25, -0.2) is 9.18 Å². The molecular weight excluding hydrogens is 285 g/mol. The van der Waals surface area contributed by atoms with Gasteiger partial charge in [-0.05, 0) is 37.8 Å². The van der Waals surface area contributed by atoms with Gasteiger partial charge in [-0.3, -0.25) is 10.1 Å². The molecule has 3 N–H and O–H groups in total. The number of aryl methyl sites for hydroxylation is 1. The maximum atomic E-state index is 13.7. The first-order valence-corrected chi connectivity index (χ1v) is 7.33. The summed E-state index contributed by atoms with van der Waals surface area (Å²) < 4.78 is 13.7. The molecule has 7 heteroatoms. The van der Waals surface area contributed by atoms with Crippen LogP contribution in [0.15, 0.2) is 24.7 Å². The first-order valence-electron chi connectivity index (χ1n) is 7.33. The van der Waals surface area contributed by atoms with Crippen LogP contribution in [0, 0.1) is 5.82 Å². The van der Waals surface area contributed by atoms with Crippen LogP contribution >= 0.6 is 0 Å². The molecule has 0 saturated carbocycles. The number of rotatable bonds is 3. The number of aromatic nitrogens is 3. The predicted molar refractivity (Wildman–Crippen MR) is 78.5 cm³/mol. The number of amides is 2. The monoisotopic (exact) mass is 303 g/mol. The van der Waals surface area contributed by atoms with Crippen molar-refractivity contribution in [2.45, 2.75) is 38.3 Å². The van der Waals surface area contributed by atoms with Crippen molar-refractivity contribution in [3.8, 4) is 0 Å². The number of urea groups is 1. The van der Waals surface area contributed by atoms with Crippen LogP contribution < -0.4 is 10.6 Å². The maximum absolute atomic E-state index is 13.7. The summed E-state index contributed by atoms with van der Waals surface area (Å²) in [5, 5.41) is 12.7. The highest BCUT2D eigenvalue weighted by atomic mass is 19.1. The van der Waals surface area contributed by atoms with Crippen molar-refractivity contribution in [3.05, 3.63) is 47.3 Å². The summed E-state index contributed by atoms with van der Waals surface area (Å²) >= 11 is 0. The number of H-pyrrole nitrogens is 1. The summed E-state index contributed by atoms with van der Waals surface area (Å²) in [5.41, 5.74) is 2.52. The number of aromatic amines is 1. The minimum absolute atomic E-state index is 0.0827. The van der Waals surface area contributed by atoms with Gasteiger partial charge in [0.25, 0.3) is 0 Å². The van der Waals surface area contributed by atoms with Crippen LogP contribution in [0.4, 0.5) is 9.18 Å². The molecule has 3 rings (SSSR count). The van der Waals surface area contributed by atoms with E-state index in [1.54, 1.807) is 19.2 Å². The van der Waals surface area contributed by atoms with Gasteiger partial charge in [0, 0.05) is 11.8 Å². The van der Waals surface area contributed by atoms with E-state index in [1.807, 2.05) is 0 Å². The number of pyridine rings is 1. The van der Waals surface area contributed by atoms with E-state index in [0.717, 1.165) is 36.7 Å². The van der Waals surface area contributed by atoms with Gasteiger partial charge in [0.15, 0.2) is 0 Å². The van der Waals surface area contributed by atoms with Gasteiger partial charge in [0.05, 0.1) is 30.2 Å². The van der Waals surface area contributed by atoms with E-state index in [0.29, 0.717) is 5.56 Å². The lowest BCUT2D eigenvalue weighted by Crippen LogP contribution is -2.40. The number of hydrogen-bond donors (Lipinski definition) is 3. The largest absolute Gasteiger partial charge is 0.332 e. The predicted octanol–water partition coefficient (Wildman–Crippen LogP) is 2.38. The molecule has 1 aliphatic rings. The molecule has 1 aliphatic carbocycles. The third-order valence-corrected chi connectivity index (χ3v) is 3.96. The van der Waals surface area contributed by atoms with Gasteiger partial charge in [0.1, 0.15) is 5.82 Å². The molecule has 0 unspecified atom stereocenters. The van der Waals surface area contributed by atoms with Crippen molar-refractivity contribution in [2.75, 3.05) is 0 Å². The summed E-state index contributed by atoms with van der Waals surface area (Å²) in [7, 11) is 0. The average molecular weight is 303 g/mol. The molecule has 2 aromatic rings. The molecule has 0 aromatic carbocycles. The zero-order valence-corrected chi connectivity index (χ0v) is 12.3. The zero-order chi connectivity index (χ0) is 15.5. The van der Waals surface area contributed by atoms with Crippen molar-refractivity contribution < 1.29 is 9.18 Å². The molecule has 0 bridgehead atoms. The molecule has 2 aromatic heterocycles. The van der Waals surface area contributed by atoms with Gasteiger partial charge >= 0.3 is 6.03 Å². The van der Waals surface area contributed by atoms with Gasteiger partial charge in [-0.15, -0.1) is 0 Å². The highest BCUT2D eigenvalue weighted by molar-refractivity contribution is 5.75. The van der Waals surface area contributed by atoms with E-state index in [2.05, 4.69) is 25.8 Å². The summed E-state index contributed by atoms with van der Waals surface area (Å²) in [4.78, 5) is 15.8. The Labute approximate surface area is 127 Å². The fourth-order valence-electron chi connectivity index (χ4n) is 2.82. The molecule has 0 fully saturated rings. The Morgan fingerprint density at radius 1 is 1.50 bits per heavy atom. The first-order chi connectivity index (χ1) is 10.6. The second kappa shape index (κ2) is 6.13. The number of nitrogens with zero attached hydrogens (tertiary/aromatic N) is 2. The Hall–Kier alpha value is -2.44. The molecule has 116 valence electrons. The lowest BCUT2D eigenvalue weighted by atomic mass is 9.94. The summed E-state index contributed by atoms with van der Waals surface area (Å²) in [6.07, 6.45) is 7.29. The lowest BCUT2D eigenvalue weighted by Gasteiger charge is -2.24. The zero-order valence-electron chi connectivity index (χ0n) is 12.3. The van der Waals surface area contributed by atoms with Crippen molar-refractivity contribution in [1.82, 2.24) is 25.8 Å². The van der Waals surface area contributed by atoms with Gasteiger partial charge in [-0.2, -0.15) is 5.10 Å². The summed E-state index contributed by atoms with van der Waals surface area (Å²) in [6.45, 7) is 1.74. The number of carbonyl (C=O) groups is 1. The number of hydrogen-bond acceptors (Lipinski definition) is 3. The van der Waals surface area contributed by atoms with Crippen LogP contribution in [0.1, 0.15) is 48.7 Å². The fourth-order valence-corrected chi connectivity index (χ4v) is 2.82. The highest BCUT2D eigenvalue weighted by Gasteiger charge is 2.24. The number of halogens is 1. The number of fused-ring (bicyclic) bond motifs is 1. The van der Waals surface area contributed by atoms with Crippen LogP contribution in [0.3, 0.4) is 0 Å². The first kappa shape index (κ1) is 14.5. The molecule has 2 amide bonds. The van der Waals surface area contributed by atoms with Crippen molar-refractivity contribution >= 4 is 6.03 Å². The van der Waals surface area contributed by atoms with Gasteiger partial charge < -0.3 is 10.6 Å². The quantitative estimate of drug-likeness (QED) is 0.814. The van der Waals surface area contributed by atoms with E-state index < -0.39 is 11.9 Å². The maximum Gasteiger partial charge on any atom is 0.315 e. The number of nitrogens with one attached hydrogen (secondary N) is 3. The smallest absolute Gasteiger partial charge is 0.315 e. The molecule has 0 aliphatic heterocycles. The van der Waals surface area contributed by atoms with Crippen LogP contribution in [0.2, 0.25) is 0 Å². The standard InChI is InChI=1S/C15H18FN5O/c1-9(11-5-6-17-8-12(11)16)19-15(22)20-13-4-2-3-10-7-18-21-14(10)13/h5-9,13H,2-4H2,1H3,(H,18,21)(H2,19,20,22)/t9-,13-/m1/s1. The van der Waals surface area contributed by atoms with Crippen LogP contribution in [0.25, 0.3) is 0 Å². The lowest BCUT2D eigenvalue weighted by molar-refractivity contribution is 0.232. The Bertz CT molecular complexity index is 671. The minimum Gasteiger partial charge on any atom is -0.332 e. The SMILES string of the molecule is C[C@@H](NC(=O)N[C@@H]1CCCc2cn[nH]c21)c1ccncc1F. The van der Waals surface area contributed by atoms with Crippen molar-refractivity contribution in [2.24, 2.45) is 0 Å². The normalized spacial score (nSPS) is 18.4. The molecule has 0 saturated heterocycles. The van der Waals surface area contributed by atoms with Crippen molar-refractivity contribution in [3.63, 3.8) is 0 Å². The highest BCUT2D eigenvalue weighted by Crippen LogP contribution is 2.27. The van der Waals surface area contributed by atoms with Gasteiger partial charge in [-0.1, -0.05) is 0 Å². The number of carbonyl (C=O) groups excluding carboxylic acids is 1.